The van der Waals surface area contributed by atoms with Gasteiger partial charge in [0.15, 0.2) is 0 Å². The smallest absolute Gasteiger partial charge is 0.243 e. The molecule has 0 spiro atoms. The number of rotatable bonds is 10. The second-order valence-electron chi connectivity index (χ2n) is 7.61. The maximum atomic E-state index is 12.7. The number of aryl methyl sites for hydroxylation is 1. The Morgan fingerprint density at radius 1 is 1.03 bits per heavy atom. The molecule has 6 heteroatoms. The van der Waals surface area contributed by atoms with E-state index in [1.54, 1.807) is 24.3 Å². The molecule has 0 aliphatic heterocycles. The molecular formula is C23H32N2O3S. The van der Waals surface area contributed by atoms with Gasteiger partial charge in [0, 0.05) is 6.54 Å². The Hall–Kier alpha value is -2.34. The van der Waals surface area contributed by atoms with Crippen molar-refractivity contribution in [2.75, 3.05) is 17.1 Å². The summed E-state index contributed by atoms with van der Waals surface area (Å²) < 4.78 is 26.0. The average Bonchev–Trinajstić information content (AvgIpc) is 2.69. The van der Waals surface area contributed by atoms with Gasteiger partial charge in [-0.1, -0.05) is 63.2 Å². The third-order valence-corrected chi connectivity index (χ3v) is 6.11. The summed E-state index contributed by atoms with van der Waals surface area (Å²) in [6.07, 6.45) is 3.19. The number of amides is 1. The molecule has 29 heavy (non-hydrogen) atoms. The van der Waals surface area contributed by atoms with Crippen molar-refractivity contribution in [3.8, 4) is 0 Å². The molecule has 1 amide bonds. The highest BCUT2D eigenvalue weighted by Crippen LogP contribution is 2.22. The van der Waals surface area contributed by atoms with Crippen LogP contribution in [-0.2, 0) is 21.2 Å². The molecule has 0 unspecified atom stereocenters. The van der Waals surface area contributed by atoms with Crippen molar-refractivity contribution in [3.05, 3.63) is 65.7 Å². The molecule has 1 N–H and O–H groups in total. The largest absolute Gasteiger partial charge is 0.354 e. The number of para-hydroxylation sites is 1. The summed E-state index contributed by atoms with van der Waals surface area (Å²) >= 11 is 0. The average molecular weight is 417 g/mol. The van der Waals surface area contributed by atoms with Gasteiger partial charge in [-0.3, -0.25) is 9.10 Å². The quantitative estimate of drug-likeness (QED) is 0.593. The molecule has 2 rings (SSSR count). The van der Waals surface area contributed by atoms with Crippen LogP contribution in [0, 0.1) is 0 Å². The minimum absolute atomic E-state index is 0.267. The van der Waals surface area contributed by atoms with Crippen LogP contribution in [0.3, 0.4) is 0 Å². The molecule has 5 nitrogen and oxygen atoms in total. The van der Waals surface area contributed by atoms with Crippen molar-refractivity contribution >= 4 is 21.6 Å². The molecule has 0 saturated heterocycles. The molecule has 0 aliphatic carbocycles. The molecule has 0 saturated carbocycles. The molecule has 158 valence electrons. The molecule has 2 aromatic rings. The molecule has 2 aromatic carbocycles. The minimum Gasteiger partial charge on any atom is -0.354 e. The second kappa shape index (κ2) is 10.4. The monoisotopic (exact) mass is 416 g/mol. The first-order chi connectivity index (χ1) is 13.7. The van der Waals surface area contributed by atoms with Crippen molar-refractivity contribution in [2.45, 2.75) is 52.0 Å². The first kappa shape index (κ1) is 22.9. The molecule has 0 radical (unpaired) electrons. The summed E-state index contributed by atoms with van der Waals surface area (Å²) in [5.41, 5.74) is 3.05. The molecule has 0 bridgehead atoms. The van der Waals surface area contributed by atoms with Crippen LogP contribution in [0.25, 0.3) is 0 Å². The van der Waals surface area contributed by atoms with E-state index in [1.165, 1.54) is 15.4 Å². The van der Waals surface area contributed by atoms with Crippen molar-refractivity contribution in [1.82, 2.24) is 5.32 Å². The van der Waals surface area contributed by atoms with E-state index in [0.29, 0.717) is 24.6 Å². The summed E-state index contributed by atoms with van der Waals surface area (Å²) in [6.45, 7) is 6.67. The third kappa shape index (κ3) is 6.60. The Labute approximate surface area is 175 Å². The number of nitrogens with one attached hydrogen (secondary N) is 1. The van der Waals surface area contributed by atoms with E-state index in [0.717, 1.165) is 19.1 Å². The minimum atomic E-state index is -3.59. The molecule has 0 fully saturated rings. The zero-order valence-electron chi connectivity index (χ0n) is 17.8. The molecule has 0 aromatic heterocycles. The number of carbonyl (C=O) groups excluding carboxylic acids is 1. The van der Waals surface area contributed by atoms with Gasteiger partial charge in [0.2, 0.25) is 15.9 Å². The standard InChI is InChI=1S/C23H32N2O3S/c1-5-22(25(29(4,27)28)21-11-7-6-8-12-21)23(26)24-17-9-10-19-13-15-20(16-14-19)18(2)3/h6-8,11-16,18,22H,5,9-10,17H2,1-4H3,(H,24,26)/t22-/m1/s1. The Balaban J connectivity index is 1.96. The predicted octanol–water partition coefficient (Wildman–Crippen LogP) is 4.10. The summed E-state index contributed by atoms with van der Waals surface area (Å²) in [7, 11) is -3.59. The van der Waals surface area contributed by atoms with Crippen molar-refractivity contribution in [3.63, 3.8) is 0 Å². The van der Waals surface area contributed by atoms with Crippen LogP contribution in [0.15, 0.2) is 54.6 Å². The topological polar surface area (TPSA) is 66.5 Å². The van der Waals surface area contributed by atoms with Gasteiger partial charge in [0.25, 0.3) is 0 Å². The fraction of sp³-hybridized carbons (Fsp3) is 0.435. The highest BCUT2D eigenvalue weighted by molar-refractivity contribution is 7.92. The van der Waals surface area contributed by atoms with Crippen LogP contribution in [0.4, 0.5) is 5.69 Å². The van der Waals surface area contributed by atoms with E-state index >= 15 is 0 Å². The highest BCUT2D eigenvalue weighted by atomic mass is 32.2. The summed E-state index contributed by atoms with van der Waals surface area (Å²) in [5.74, 6) is 0.244. The number of anilines is 1. The number of hydrogen-bond donors (Lipinski definition) is 1. The first-order valence-corrected chi connectivity index (χ1v) is 12.0. The van der Waals surface area contributed by atoms with E-state index in [2.05, 4.69) is 43.4 Å². The Bertz CT molecular complexity index is 878. The fourth-order valence-electron chi connectivity index (χ4n) is 3.33. The van der Waals surface area contributed by atoms with Gasteiger partial charge in [-0.05, 0) is 48.4 Å². The van der Waals surface area contributed by atoms with E-state index in [-0.39, 0.29) is 5.91 Å². The fourth-order valence-corrected chi connectivity index (χ4v) is 4.54. The zero-order chi connectivity index (χ0) is 21.4. The lowest BCUT2D eigenvalue weighted by Crippen LogP contribution is -2.49. The van der Waals surface area contributed by atoms with Gasteiger partial charge in [0.1, 0.15) is 6.04 Å². The van der Waals surface area contributed by atoms with Crippen molar-refractivity contribution in [2.24, 2.45) is 0 Å². The van der Waals surface area contributed by atoms with Crippen molar-refractivity contribution in [1.29, 1.82) is 0 Å². The lowest BCUT2D eigenvalue weighted by molar-refractivity contribution is -0.122. The highest BCUT2D eigenvalue weighted by Gasteiger charge is 2.31. The first-order valence-electron chi connectivity index (χ1n) is 10.1. The molecular weight excluding hydrogens is 384 g/mol. The predicted molar refractivity (Wildman–Crippen MR) is 120 cm³/mol. The Morgan fingerprint density at radius 3 is 2.17 bits per heavy atom. The normalized spacial score (nSPS) is 12.6. The summed E-state index contributed by atoms with van der Waals surface area (Å²) in [5, 5.41) is 2.91. The number of nitrogens with zero attached hydrogens (tertiary/aromatic N) is 1. The van der Waals surface area contributed by atoms with Gasteiger partial charge in [-0.2, -0.15) is 0 Å². The van der Waals surface area contributed by atoms with Gasteiger partial charge in [0.05, 0.1) is 11.9 Å². The lowest BCUT2D eigenvalue weighted by Gasteiger charge is -2.30. The number of benzene rings is 2. The maximum absolute atomic E-state index is 12.7. The molecule has 0 heterocycles. The summed E-state index contributed by atoms with van der Waals surface area (Å²) in [6, 6.07) is 16.6. The van der Waals surface area contributed by atoms with E-state index in [4.69, 9.17) is 0 Å². The van der Waals surface area contributed by atoms with Crippen molar-refractivity contribution < 1.29 is 13.2 Å². The molecule has 1 atom stereocenters. The van der Waals surface area contributed by atoms with E-state index in [1.807, 2.05) is 13.0 Å². The Kier molecular flexibility index (Phi) is 8.26. The lowest BCUT2D eigenvalue weighted by atomic mass is 10.0. The SMILES string of the molecule is CC[C@H](C(=O)NCCCc1ccc(C(C)C)cc1)N(c1ccccc1)S(C)(=O)=O. The number of carbonyl (C=O) groups is 1. The Morgan fingerprint density at radius 2 is 1.66 bits per heavy atom. The van der Waals surface area contributed by atoms with E-state index < -0.39 is 16.1 Å². The van der Waals surface area contributed by atoms with Gasteiger partial charge < -0.3 is 5.32 Å². The van der Waals surface area contributed by atoms with Crippen LogP contribution in [-0.4, -0.2) is 33.2 Å². The maximum Gasteiger partial charge on any atom is 0.243 e. The number of hydrogen-bond acceptors (Lipinski definition) is 3. The van der Waals surface area contributed by atoms with Gasteiger partial charge in [-0.15, -0.1) is 0 Å². The summed E-state index contributed by atoms with van der Waals surface area (Å²) in [4.78, 5) is 12.7. The van der Waals surface area contributed by atoms with Crippen LogP contribution in [0.5, 0.6) is 0 Å². The van der Waals surface area contributed by atoms with Crippen LogP contribution in [0.1, 0.15) is 50.7 Å². The zero-order valence-corrected chi connectivity index (χ0v) is 18.6. The van der Waals surface area contributed by atoms with Gasteiger partial charge >= 0.3 is 0 Å². The van der Waals surface area contributed by atoms with E-state index in [9.17, 15) is 13.2 Å². The van der Waals surface area contributed by atoms with Crippen LogP contribution in [0.2, 0.25) is 0 Å². The second-order valence-corrected chi connectivity index (χ2v) is 9.47. The van der Waals surface area contributed by atoms with Crippen LogP contribution < -0.4 is 9.62 Å². The number of sulfonamides is 1. The van der Waals surface area contributed by atoms with Crippen LogP contribution >= 0.6 is 0 Å². The van der Waals surface area contributed by atoms with Gasteiger partial charge in [-0.25, -0.2) is 8.42 Å². The molecule has 0 aliphatic rings. The third-order valence-electron chi connectivity index (χ3n) is 4.93.